The highest BCUT2D eigenvalue weighted by molar-refractivity contribution is 5.40. The van der Waals surface area contributed by atoms with E-state index in [2.05, 4.69) is 0 Å². The molecule has 4 nitrogen and oxygen atoms in total. The van der Waals surface area contributed by atoms with Gasteiger partial charge in [0.05, 0.1) is 26.4 Å². The first-order chi connectivity index (χ1) is 17.9. The van der Waals surface area contributed by atoms with Gasteiger partial charge in [-0.2, -0.15) is 0 Å². The zero-order valence-electron chi connectivity index (χ0n) is 22.4. The Morgan fingerprint density at radius 3 is 0.694 bits per heavy atom. The van der Waals surface area contributed by atoms with Crippen molar-refractivity contribution in [1.82, 2.24) is 0 Å². The first-order valence-electron chi connectivity index (χ1n) is 14.6. The number of para-hydroxylation sites is 4. The average molecular weight is 497 g/mol. The highest BCUT2D eigenvalue weighted by Gasteiger charge is 2.06. The van der Waals surface area contributed by atoms with Gasteiger partial charge in [0.15, 0.2) is 23.0 Å². The van der Waals surface area contributed by atoms with Crippen LogP contribution in [0.5, 0.6) is 23.0 Å². The zero-order valence-corrected chi connectivity index (χ0v) is 22.4. The van der Waals surface area contributed by atoms with Crippen LogP contribution in [0.2, 0.25) is 0 Å². The SMILES string of the molecule is c1ccc2c(c1)OCCCCCCCCCCOc1ccccc1OCCCCCCCCCCO2. The summed E-state index contributed by atoms with van der Waals surface area (Å²) in [6.45, 7) is 3.07. The van der Waals surface area contributed by atoms with Crippen LogP contribution in [0.3, 0.4) is 0 Å². The van der Waals surface area contributed by atoms with Gasteiger partial charge in [0.25, 0.3) is 0 Å². The van der Waals surface area contributed by atoms with Crippen LogP contribution in [-0.4, -0.2) is 26.4 Å². The van der Waals surface area contributed by atoms with Gasteiger partial charge in [-0.25, -0.2) is 0 Å². The number of fused-ring (bicyclic) bond motifs is 2. The minimum Gasteiger partial charge on any atom is -0.490 e. The van der Waals surface area contributed by atoms with Crippen LogP contribution in [0.25, 0.3) is 0 Å². The smallest absolute Gasteiger partial charge is 0.161 e. The van der Waals surface area contributed by atoms with E-state index in [4.69, 9.17) is 18.9 Å². The first kappa shape index (κ1) is 28.2. The lowest BCUT2D eigenvalue weighted by Crippen LogP contribution is -2.03. The third-order valence-electron chi connectivity index (χ3n) is 6.81. The van der Waals surface area contributed by atoms with E-state index >= 15 is 0 Å². The number of rotatable bonds is 0. The summed E-state index contributed by atoms with van der Waals surface area (Å²) in [6, 6.07) is 16.2. The van der Waals surface area contributed by atoms with Crippen LogP contribution in [-0.2, 0) is 0 Å². The van der Waals surface area contributed by atoms with Gasteiger partial charge >= 0.3 is 0 Å². The minimum atomic E-state index is 0.767. The lowest BCUT2D eigenvalue weighted by Gasteiger charge is -2.13. The summed E-state index contributed by atoms with van der Waals surface area (Å²) in [5.41, 5.74) is 0. The molecule has 1 aliphatic rings. The van der Waals surface area contributed by atoms with Crippen molar-refractivity contribution in [1.29, 1.82) is 0 Å². The molecule has 0 radical (unpaired) electrons. The predicted molar refractivity (Wildman–Crippen MR) is 149 cm³/mol. The monoisotopic (exact) mass is 496 g/mol. The van der Waals surface area contributed by atoms with Crippen molar-refractivity contribution in [3.8, 4) is 23.0 Å². The third-order valence-corrected chi connectivity index (χ3v) is 6.81. The van der Waals surface area contributed by atoms with Gasteiger partial charge in [0.1, 0.15) is 0 Å². The van der Waals surface area contributed by atoms with Crippen molar-refractivity contribution >= 4 is 0 Å². The van der Waals surface area contributed by atoms with Crippen LogP contribution in [0.15, 0.2) is 48.5 Å². The van der Waals surface area contributed by atoms with Gasteiger partial charge in [-0.05, 0) is 49.9 Å². The average Bonchev–Trinajstić information content (AvgIpc) is 2.90. The molecule has 4 heteroatoms. The van der Waals surface area contributed by atoms with E-state index in [-0.39, 0.29) is 0 Å². The molecule has 0 N–H and O–H groups in total. The number of ether oxygens (including phenoxy) is 4. The van der Waals surface area contributed by atoms with Gasteiger partial charge in [-0.1, -0.05) is 101 Å². The zero-order chi connectivity index (χ0) is 24.9. The largest absolute Gasteiger partial charge is 0.490 e. The summed E-state index contributed by atoms with van der Waals surface area (Å²) in [7, 11) is 0. The number of hydrogen-bond donors (Lipinski definition) is 0. The molecular formula is C32H48O4. The van der Waals surface area contributed by atoms with E-state index in [0.29, 0.717) is 0 Å². The molecule has 0 aromatic heterocycles. The van der Waals surface area contributed by atoms with E-state index in [0.717, 1.165) is 75.1 Å². The summed E-state index contributed by atoms with van der Waals surface area (Å²) < 4.78 is 24.2. The second-order valence-electron chi connectivity index (χ2n) is 9.94. The third kappa shape index (κ3) is 12.1. The molecule has 1 heterocycles. The highest BCUT2D eigenvalue weighted by Crippen LogP contribution is 2.28. The Balaban J connectivity index is 1.39. The topological polar surface area (TPSA) is 36.9 Å². The van der Waals surface area contributed by atoms with Crippen LogP contribution in [0.1, 0.15) is 103 Å². The van der Waals surface area contributed by atoms with Gasteiger partial charge in [-0.3, -0.25) is 0 Å². The summed E-state index contributed by atoms with van der Waals surface area (Å²) in [4.78, 5) is 0. The molecule has 0 fully saturated rings. The maximum absolute atomic E-state index is 6.04. The summed E-state index contributed by atoms with van der Waals surface area (Å²) in [6.07, 6.45) is 19.6. The predicted octanol–water partition coefficient (Wildman–Crippen LogP) is 9.16. The van der Waals surface area contributed by atoms with E-state index in [9.17, 15) is 0 Å². The van der Waals surface area contributed by atoms with Gasteiger partial charge in [-0.15, -0.1) is 0 Å². The summed E-state index contributed by atoms with van der Waals surface area (Å²) >= 11 is 0. The molecule has 0 aliphatic carbocycles. The Kier molecular flexibility index (Phi) is 14.8. The molecule has 0 saturated carbocycles. The van der Waals surface area contributed by atoms with E-state index in [1.165, 1.54) is 77.0 Å². The van der Waals surface area contributed by atoms with Crippen molar-refractivity contribution in [3.63, 3.8) is 0 Å². The fourth-order valence-corrected chi connectivity index (χ4v) is 4.64. The second-order valence-corrected chi connectivity index (χ2v) is 9.94. The summed E-state index contributed by atoms with van der Waals surface area (Å²) in [5.74, 6) is 3.55. The molecular weight excluding hydrogens is 448 g/mol. The number of benzene rings is 2. The normalized spacial score (nSPS) is 18.9. The molecule has 0 amide bonds. The molecule has 0 atom stereocenters. The maximum atomic E-state index is 6.04. The molecule has 2 aromatic rings. The molecule has 1 aliphatic heterocycles. The number of hydrogen-bond acceptors (Lipinski definition) is 4. The molecule has 0 spiro atoms. The van der Waals surface area contributed by atoms with Crippen LogP contribution in [0, 0.1) is 0 Å². The fourth-order valence-electron chi connectivity index (χ4n) is 4.64. The molecule has 3 rings (SSSR count). The lowest BCUT2D eigenvalue weighted by atomic mass is 10.1. The Bertz CT molecular complexity index is 673. The van der Waals surface area contributed by atoms with Crippen molar-refractivity contribution in [2.24, 2.45) is 0 Å². The Labute approximate surface area is 219 Å². The minimum absolute atomic E-state index is 0.767. The van der Waals surface area contributed by atoms with E-state index < -0.39 is 0 Å². The lowest BCUT2D eigenvalue weighted by molar-refractivity contribution is 0.256. The first-order valence-corrected chi connectivity index (χ1v) is 14.6. The van der Waals surface area contributed by atoms with Gasteiger partial charge in [0, 0.05) is 0 Å². The van der Waals surface area contributed by atoms with E-state index in [1.807, 2.05) is 48.5 Å². The van der Waals surface area contributed by atoms with Crippen molar-refractivity contribution < 1.29 is 18.9 Å². The van der Waals surface area contributed by atoms with Crippen LogP contribution < -0.4 is 18.9 Å². The molecule has 200 valence electrons. The fraction of sp³-hybridized carbons (Fsp3) is 0.625. The highest BCUT2D eigenvalue weighted by atomic mass is 16.5. The molecule has 36 heavy (non-hydrogen) atoms. The van der Waals surface area contributed by atoms with Crippen LogP contribution in [0.4, 0.5) is 0 Å². The second kappa shape index (κ2) is 18.8. The Morgan fingerprint density at radius 1 is 0.278 bits per heavy atom. The molecule has 0 bridgehead atoms. The standard InChI is InChI=1S/C32H48O4/c1-2-6-10-18-26-34-31-23-15-16-24-32(31)36-28-20-12-8-4-3-7-11-19-27-35-30-22-14-13-21-29(30)33-25-17-9-5-1/h13-16,21-24H,1-12,17-20,25-28H2. The molecule has 0 unspecified atom stereocenters. The Hall–Kier alpha value is -2.36. The molecule has 2 aromatic carbocycles. The maximum Gasteiger partial charge on any atom is 0.161 e. The van der Waals surface area contributed by atoms with Crippen molar-refractivity contribution in [2.45, 2.75) is 103 Å². The van der Waals surface area contributed by atoms with Gasteiger partial charge in [0.2, 0.25) is 0 Å². The van der Waals surface area contributed by atoms with Crippen molar-refractivity contribution in [2.75, 3.05) is 26.4 Å². The van der Waals surface area contributed by atoms with E-state index in [1.54, 1.807) is 0 Å². The van der Waals surface area contributed by atoms with Crippen LogP contribution >= 0.6 is 0 Å². The quantitative estimate of drug-likeness (QED) is 0.364. The Morgan fingerprint density at radius 2 is 0.472 bits per heavy atom. The summed E-state index contributed by atoms with van der Waals surface area (Å²) in [5, 5.41) is 0. The van der Waals surface area contributed by atoms with Crippen molar-refractivity contribution in [3.05, 3.63) is 48.5 Å². The molecule has 0 saturated heterocycles. The van der Waals surface area contributed by atoms with Gasteiger partial charge < -0.3 is 18.9 Å².